The third-order valence-electron chi connectivity index (χ3n) is 1.56. The molecule has 10 heavy (non-hydrogen) atoms. The maximum absolute atomic E-state index is 5.56. The van der Waals surface area contributed by atoms with Crippen LogP contribution in [0.25, 0.3) is 0 Å². The zero-order chi connectivity index (χ0) is 7.82. The van der Waals surface area contributed by atoms with Crippen molar-refractivity contribution in [2.75, 3.05) is 19.6 Å². The van der Waals surface area contributed by atoms with Gasteiger partial charge in [0.05, 0.1) is 0 Å². The second-order valence-electron chi connectivity index (χ2n) is 2.48. The molecule has 0 aromatic heterocycles. The van der Waals surface area contributed by atoms with Crippen LogP contribution in [0.3, 0.4) is 0 Å². The highest BCUT2D eigenvalue weighted by Crippen LogP contribution is 1.93. The van der Waals surface area contributed by atoms with Crippen molar-refractivity contribution in [2.45, 2.75) is 26.2 Å². The molecule has 0 aliphatic rings. The van der Waals surface area contributed by atoms with Crippen molar-refractivity contribution in [3.05, 3.63) is 0 Å². The van der Waals surface area contributed by atoms with E-state index in [1.165, 1.54) is 12.8 Å². The van der Waals surface area contributed by atoms with Crippen LogP contribution in [0.1, 0.15) is 26.2 Å². The SMILES string of the molecule is CCN(N)CCCCCN. The molecule has 0 aromatic carbocycles. The minimum absolute atomic E-state index is 0.802. The van der Waals surface area contributed by atoms with E-state index in [-0.39, 0.29) is 0 Å². The molecule has 3 nitrogen and oxygen atoms in total. The van der Waals surface area contributed by atoms with Crippen molar-refractivity contribution in [2.24, 2.45) is 11.6 Å². The van der Waals surface area contributed by atoms with Crippen LogP contribution < -0.4 is 11.6 Å². The summed E-state index contributed by atoms with van der Waals surface area (Å²) in [4.78, 5) is 0. The van der Waals surface area contributed by atoms with Crippen molar-refractivity contribution < 1.29 is 0 Å². The molecule has 0 saturated carbocycles. The Bertz CT molecular complexity index is 65.9. The van der Waals surface area contributed by atoms with Crippen LogP contribution >= 0.6 is 0 Å². The fraction of sp³-hybridized carbons (Fsp3) is 1.00. The van der Waals surface area contributed by atoms with Crippen molar-refractivity contribution in [1.29, 1.82) is 0 Å². The van der Waals surface area contributed by atoms with Crippen LogP contribution in [0.2, 0.25) is 0 Å². The highest BCUT2D eigenvalue weighted by Gasteiger charge is 1.92. The van der Waals surface area contributed by atoms with E-state index in [9.17, 15) is 0 Å². The van der Waals surface area contributed by atoms with Crippen molar-refractivity contribution in [1.82, 2.24) is 5.01 Å². The van der Waals surface area contributed by atoms with Crippen molar-refractivity contribution >= 4 is 0 Å². The molecule has 0 saturated heterocycles. The molecule has 62 valence electrons. The molecule has 0 spiro atoms. The fourth-order valence-corrected chi connectivity index (χ4v) is 0.794. The number of nitrogens with zero attached hydrogens (tertiary/aromatic N) is 1. The van der Waals surface area contributed by atoms with E-state index in [2.05, 4.69) is 6.92 Å². The molecule has 0 fully saturated rings. The first-order chi connectivity index (χ1) is 4.81. The summed E-state index contributed by atoms with van der Waals surface area (Å²) in [6, 6.07) is 0. The fourth-order valence-electron chi connectivity index (χ4n) is 0.794. The maximum Gasteiger partial charge on any atom is 0.0128 e. The van der Waals surface area contributed by atoms with E-state index < -0.39 is 0 Å². The second kappa shape index (κ2) is 6.99. The van der Waals surface area contributed by atoms with E-state index in [0.717, 1.165) is 26.1 Å². The van der Waals surface area contributed by atoms with Crippen LogP contribution in [0, 0.1) is 0 Å². The summed E-state index contributed by atoms with van der Waals surface area (Å²) in [6.07, 6.45) is 3.49. The molecule has 0 aliphatic heterocycles. The Morgan fingerprint density at radius 3 is 2.40 bits per heavy atom. The van der Waals surface area contributed by atoms with Crippen molar-refractivity contribution in [3.8, 4) is 0 Å². The van der Waals surface area contributed by atoms with Gasteiger partial charge in [0.25, 0.3) is 0 Å². The zero-order valence-electron chi connectivity index (χ0n) is 6.84. The number of nitrogens with two attached hydrogens (primary N) is 2. The lowest BCUT2D eigenvalue weighted by atomic mass is 10.2. The van der Waals surface area contributed by atoms with E-state index in [1.54, 1.807) is 0 Å². The first kappa shape index (κ1) is 9.88. The third-order valence-corrected chi connectivity index (χ3v) is 1.56. The van der Waals surface area contributed by atoms with Crippen LogP contribution in [-0.4, -0.2) is 24.6 Å². The average Bonchev–Trinajstić information content (AvgIpc) is 1.98. The van der Waals surface area contributed by atoms with Gasteiger partial charge in [0.1, 0.15) is 0 Å². The van der Waals surface area contributed by atoms with Gasteiger partial charge in [-0.25, -0.2) is 5.01 Å². The Labute approximate surface area is 63.3 Å². The topological polar surface area (TPSA) is 55.3 Å². The Kier molecular flexibility index (Phi) is 6.91. The summed E-state index contributed by atoms with van der Waals surface area (Å²) < 4.78 is 0. The Hall–Kier alpha value is -0.120. The molecule has 0 heterocycles. The van der Waals surface area contributed by atoms with Gasteiger partial charge in [-0.15, -0.1) is 0 Å². The summed E-state index contributed by atoms with van der Waals surface area (Å²) in [6.45, 7) is 4.79. The molecule has 0 rings (SSSR count). The number of hydrogen-bond acceptors (Lipinski definition) is 3. The Morgan fingerprint density at radius 1 is 1.20 bits per heavy atom. The van der Waals surface area contributed by atoms with Crippen molar-refractivity contribution in [3.63, 3.8) is 0 Å². The number of hydrazine groups is 1. The molecule has 0 atom stereocenters. The van der Waals surface area contributed by atoms with Gasteiger partial charge in [0.15, 0.2) is 0 Å². The number of rotatable bonds is 6. The zero-order valence-corrected chi connectivity index (χ0v) is 6.84. The summed E-state index contributed by atoms with van der Waals surface area (Å²) >= 11 is 0. The van der Waals surface area contributed by atoms with Crippen LogP contribution in [0.5, 0.6) is 0 Å². The van der Waals surface area contributed by atoms with E-state index in [1.807, 2.05) is 5.01 Å². The molecular weight excluding hydrogens is 126 g/mol. The second-order valence-corrected chi connectivity index (χ2v) is 2.48. The summed E-state index contributed by atoms with van der Waals surface area (Å²) in [5.41, 5.74) is 5.33. The van der Waals surface area contributed by atoms with E-state index in [0.29, 0.717) is 0 Å². The van der Waals surface area contributed by atoms with Gasteiger partial charge in [0.2, 0.25) is 0 Å². The normalized spacial score (nSPS) is 10.8. The summed E-state index contributed by atoms with van der Waals surface area (Å²) in [5.74, 6) is 5.56. The first-order valence-electron chi connectivity index (χ1n) is 4.01. The Morgan fingerprint density at radius 2 is 1.90 bits per heavy atom. The lowest BCUT2D eigenvalue weighted by Gasteiger charge is -2.12. The minimum Gasteiger partial charge on any atom is -0.330 e. The van der Waals surface area contributed by atoms with Crippen LogP contribution in [0.4, 0.5) is 0 Å². The number of hydrogen-bond donors (Lipinski definition) is 2. The van der Waals surface area contributed by atoms with Gasteiger partial charge >= 0.3 is 0 Å². The molecule has 0 unspecified atom stereocenters. The van der Waals surface area contributed by atoms with Gasteiger partial charge in [-0.05, 0) is 19.4 Å². The van der Waals surface area contributed by atoms with Gasteiger partial charge in [-0.2, -0.15) is 0 Å². The quantitative estimate of drug-likeness (QED) is 0.321. The summed E-state index contributed by atoms with van der Waals surface area (Å²) in [5, 5.41) is 1.83. The van der Waals surface area contributed by atoms with E-state index >= 15 is 0 Å². The monoisotopic (exact) mass is 145 g/mol. The molecule has 0 amide bonds. The molecule has 4 N–H and O–H groups in total. The standard InChI is InChI=1S/C7H19N3/c1-2-10(9)7-5-3-4-6-8/h2-9H2,1H3. The average molecular weight is 145 g/mol. The molecule has 0 bridgehead atoms. The lowest BCUT2D eigenvalue weighted by Crippen LogP contribution is -2.31. The van der Waals surface area contributed by atoms with Gasteiger partial charge in [-0.3, -0.25) is 5.84 Å². The van der Waals surface area contributed by atoms with E-state index in [4.69, 9.17) is 11.6 Å². The third kappa shape index (κ3) is 6.01. The summed E-state index contributed by atoms with van der Waals surface area (Å²) in [7, 11) is 0. The number of unbranched alkanes of at least 4 members (excludes halogenated alkanes) is 2. The van der Waals surface area contributed by atoms with Crippen LogP contribution in [-0.2, 0) is 0 Å². The maximum atomic E-state index is 5.56. The molecule has 0 aromatic rings. The lowest BCUT2D eigenvalue weighted by molar-refractivity contribution is 0.291. The Balaban J connectivity index is 2.89. The highest BCUT2D eigenvalue weighted by molar-refractivity contribution is 4.47. The van der Waals surface area contributed by atoms with Gasteiger partial charge in [-0.1, -0.05) is 13.3 Å². The van der Waals surface area contributed by atoms with Gasteiger partial charge in [0, 0.05) is 13.1 Å². The predicted molar refractivity (Wildman–Crippen MR) is 44.3 cm³/mol. The molecular formula is C7H19N3. The molecule has 0 radical (unpaired) electrons. The largest absolute Gasteiger partial charge is 0.330 e. The van der Waals surface area contributed by atoms with Gasteiger partial charge < -0.3 is 5.73 Å². The predicted octanol–water partition coefficient (Wildman–Crippen LogP) is 0.311. The highest BCUT2D eigenvalue weighted by atomic mass is 15.4. The molecule has 0 aliphatic carbocycles. The molecule has 3 heteroatoms. The minimum atomic E-state index is 0.802. The smallest absolute Gasteiger partial charge is 0.0128 e. The van der Waals surface area contributed by atoms with Crippen LogP contribution in [0.15, 0.2) is 0 Å². The first-order valence-corrected chi connectivity index (χ1v) is 4.01.